The van der Waals surface area contributed by atoms with Gasteiger partial charge >= 0.3 is 0 Å². The Balaban J connectivity index is 1.84. The number of ether oxygens (including phenoxy) is 3. The Labute approximate surface area is 180 Å². The summed E-state index contributed by atoms with van der Waals surface area (Å²) in [6.45, 7) is 1.91. The lowest BCUT2D eigenvalue weighted by atomic mass is 10.1. The summed E-state index contributed by atoms with van der Waals surface area (Å²) in [6.07, 6.45) is 5.58. The first-order valence-electron chi connectivity index (χ1n) is 9.30. The summed E-state index contributed by atoms with van der Waals surface area (Å²) >= 11 is 1.55. The number of nitrogens with one attached hydrogen (secondary N) is 1. The van der Waals surface area contributed by atoms with Crippen LogP contribution in [-0.4, -0.2) is 43.0 Å². The number of nitrogens with zero attached hydrogens (tertiary/aromatic N) is 2. The number of carbonyl (C=O) groups is 1. The number of imidazole rings is 1. The van der Waals surface area contributed by atoms with Crippen molar-refractivity contribution < 1.29 is 19.0 Å². The normalized spacial score (nSPS) is 11.6. The van der Waals surface area contributed by atoms with Crippen LogP contribution in [0.2, 0.25) is 0 Å². The van der Waals surface area contributed by atoms with E-state index >= 15 is 0 Å². The van der Waals surface area contributed by atoms with Crippen LogP contribution in [0.4, 0.5) is 0 Å². The van der Waals surface area contributed by atoms with Gasteiger partial charge in [-0.2, -0.15) is 0 Å². The summed E-state index contributed by atoms with van der Waals surface area (Å²) in [4.78, 5) is 17.2. The van der Waals surface area contributed by atoms with Gasteiger partial charge in [-0.05, 0) is 49.1 Å². The monoisotopic (exact) mass is 427 g/mol. The van der Waals surface area contributed by atoms with Crippen LogP contribution >= 0.6 is 11.8 Å². The van der Waals surface area contributed by atoms with E-state index in [0.29, 0.717) is 22.8 Å². The molecule has 1 aromatic heterocycles. The van der Waals surface area contributed by atoms with Gasteiger partial charge in [-0.25, -0.2) is 4.98 Å². The first-order chi connectivity index (χ1) is 14.5. The Kier molecular flexibility index (Phi) is 6.89. The van der Waals surface area contributed by atoms with Crippen LogP contribution in [0.15, 0.2) is 53.9 Å². The minimum Gasteiger partial charge on any atom is -0.493 e. The van der Waals surface area contributed by atoms with Crippen LogP contribution in [-0.2, 0) is 0 Å². The molecule has 1 unspecified atom stereocenters. The highest BCUT2D eigenvalue weighted by Gasteiger charge is 2.18. The summed E-state index contributed by atoms with van der Waals surface area (Å²) in [5.41, 5.74) is 2.28. The summed E-state index contributed by atoms with van der Waals surface area (Å²) < 4.78 is 18.1. The predicted octanol–water partition coefficient (Wildman–Crippen LogP) is 4.11. The number of benzene rings is 2. The van der Waals surface area contributed by atoms with Crippen molar-refractivity contribution in [3.8, 4) is 22.9 Å². The molecule has 7 nitrogen and oxygen atoms in total. The molecule has 0 saturated carbocycles. The van der Waals surface area contributed by atoms with E-state index in [-0.39, 0.29) is 11.9 Å². The van der Waals surface area contributed by atoms with Gasteiger partial charge in [0.2, 0.25) is 5.75 Å². The molecule has 3 rings (SSSR count). The fraction of sp³-hybridized carbons (Fsp3) is 0.273. The van der Waals surface area contributed by atoms with Crippen LogP contribution in [0, 0.1) is 0 Å². The molecule has 1 heterocycles. The average molecular weight is 428 g/mol. The highest BCUT2D eigenvalue weighted by atomic mass is 32.2. The van der Waals surface area contributed by atoms with Gasteiger partial charge in [0.1, 0.15) is 0 Å². The first kappa shape index (κ1) is 21.6. The second-order valence-electron chi connectivity index (χ2n) is 6.49. The van der Waals surface area contributed by atoms with Crippen molar-refractivity contribution in [1.82, 2.24) is 14.9 Å². The van der Waals surface area contributed by atoms with E-state index in [0.717, 1.165) is 16.4 Å². The number of aromatic nitrogens is 2. The van der Waals surface area contributed by atoms with Crippen molar-refractivity contribution in [1.29, 1.82) is 0 Å². The molecule has 0 spiro atoms. The molecule has 1 amide bonds. The Morgan fingerprint density at radius 2 is 1.80 bits per heavy atom. The second kappa shape index (κ2) is 9.58. The highest BCUT2D eigenvalue weighted by Crippen LogP contribution is 2.39. The highest BCUT2D eigenvalue weighted by molar-refractivity contribution is 7.98. The standard InChI is InChI=1S/C22H25N3O4S/c1-14(16-12-18(27-2)20(29-4)19(13-16)28-3)24-21(26)15-7-6-8-17(11-15)25-10-9-23-22(25)30-5/h6-14H,1-5H3,(H,24,26). The third kappa shape index (κ3) is 4.38. The number of carbonyl (C=O) groups excluding carboxylic acids is 1. The molecular formula is C22H25N3O4S. The minimum atomic E-state index is -0.273. The van der Waals surface area contributed by atoms with Crippen molar-refractivity contribution in [3.63, 3.8) is 0 Å². The van der Waals surface area contributed by atoms with Gasteiger partial charge in [0.15, 0.2) is 16.7 Å². The molecule has 8 heteroatoms. The zero-order valence-corrected chi connectivity index (χ0v) is 18.4. The molecule has 1 N–H and O–H groups in total. The Morgan fingerprint density at radius 3 is 2.40 bits per heavy atom. The molecule has 1 atom stereocenters. The van der Waals surface area contributed by atoms with E-state index in [1.807, 2.05) is 54.3 Å². The molecule has 2 aromatic carbocycles. The summed E-state index contributed by atoms with van der Waals surface area (Å²) in [6, 6.07) is 10.8. The number of hydrogen-bond donors (Lipinski definition) is 1. The molecule has 3 aromatic rings. The summed E-state index contributed by atoms with van der Waals surface area (Å²) in [5, 5.41) is 3.89. The van der Waals surface area contributed by atoms with Gasteiger partial charge in [0.25, 0.3) is 5.91 Å². The number of methoxy groups -OCH3 is 3. The van der Waals surface area contributed by atoms with Crippen LogP contribution in [0.25, 0.3) is 5.69 Å². The van der Waals surface area contributed by atoms with Crippen LogP contribution in [0.5, 0.6) is 17.2 Å². The third-order valence-electron chi connectivity index (χ3n) is 4.71. The Morgan fingerprint density at radius 1 is 1.10 bits per heavy atom. The maximum Gasteiger partial charge on any atom is 0.251 e. The maximum absolute atomic E-state index is 12.9. The summed E-state index contributed by atoms with van der Waals surface area (Å²) in [5.74, 6) is 1.42. The third-order valence-corrected chi connectivity index (χ3v) is 5.38. The van der Waals surface area contributed by atoms with E-state index in [9.17, 15) is 4.79 Å². The number of amides is 1. The number of rotatable bonds is 8. The van der Waals surface area contributed by atoms with Crippen molar-refractivity contribution in [3.05, 3.63) is 59.9 Å². The topological polar surface area (TPSA) is 74.6 Å². The zero-order valence-electron chi connectivity index (χ0n) is 17.6. The van der Waals surface area contributed by atoms with Gasteiger partial charge < -0.3 is 19.5 Å². The van der Waals surface area contributed by atoms with Gasteiger partial charge in [0.05, 0.1) is 27.4 Å². The van der Waals surface area contributed by atoms with Crippen molar-refractivity contribution in [2.45, 2.75) is 18.1 Å². The molecule has 30 heavy (non-hydrogen) atoms. The first-order valence-corrected chi connectivity index (χ1v) is 10.5. The molecule has 0 aliphatic rings. The quantitative estimate of drug-likeness (QED) is 0.546. The molecule has 0 aliphatic carbocycles. The van der Waals surface area contributed by atoms with Gasteiger partial charge in [-0.15, -0.1) is 0 Å². The summed E-state index contributed by atoms with van der Waals surface area (Å²) in [7, 11) is 4.69. The zero-order chi connectivity index (χ0) is 21.7. The lowest BCUT2D eigenvalue weighted by Gasteiger charge is -2.19. The molecule has 0 saturated heterocycles. The smallest absolute Gasteiger partial charge is 0.251 e. The molecule has 0 bridgehead atoms. The van der Waals surface area contributed by atoms with E-state index in [4.69, 9.17) is 14.2 Å². The average Bonchev–Trinajstić information content (AvgIpc) is 3.26. The van der Waals surface area contributed by atoms with Gasteiger partial charge in [-0.1, -0.05) is 17.8 Å². The predicted molar refractivity (Wildman–Crippen MR) is 117 cm³/mol. The van der Waals surface area contributed by atoms with E-state index < -0.39 is 0 Å². The lowest BCUT2D eigenvalue weighted by Crippen LogP contribution is -2.26. The maximum atomic E-state index is 12.9. The molecule has 0 fully saturated rings. The molecule has 158 valence electrons. The molecule has 0 aliphatic heterocycles. The van der Waals surface area contributed by atoms with Crippen LogP contribution < -0.4 is 19.5 Å². The second-order valence-corrected chi connectivity index (χ2v) is 7.26. The Bertz CT molecular complexity index is 1010. The van der Waals surface area contributed by atoms with Crippen LogP contribution in [0.3, 0.4) is 0 Å². The van der Waals surface area contributed by atoms with E-state index in [1.165, 1.54) is 0 Å². The van der Waals surface area contributed by atoms with Gasteiger partial charge in [0, 0.05) is 23.6 Å². The van der Waals surface area contributed by atoms with E-state index in [2.05, 4.69) is 10.3 Å². The van der Waals surface area contributed by atoms with Crippen molar-refractivity contribution in [2.75, 3.05) is 27.6 Å². The Hall–Kier alpha value is -3.13. The molecular weight excluding hydrogens is 402 g/mol. The SMILES string of the molecule is COc1cc(C(C)NC(=O)c2cccc(-n3ccnc3SC)c2)cc(OC)c1OC. The van der Waals surface area contributed by atoms with E-state index in [1.54, 1.807) is 45.4 Å². The largest absolute Gasteiger partial charge is 0.493 e. The van der Waals surface area contributed by atoms with Crippen molar-refractivity contribution in [2.24, 2.45) is 0 Å². The lowest BCUT2D eigenvalue weighted by molar-refractivity contribution is 0.0939. The number of hydrogen-bond acceptors (Lipinski definition) is 6. The minimum absolute atomic E-state index is 0.177. The van der Waals surface area contributed by atoms with Gasteiger partial charge in [-0.3, -0.25) is 9.36 Å². The fourth-order valence-electron chi connectivity index (χ4n) is 3.15. The number of thioether (sulfide) groups is 1. The van der Waals surface area contributed by atoms with Crippen LogP contribution in [0.1, 0.15) is 28.9 Å². The fourth-order valence-corrected chi connectivity index (χ4v) is 3.68. The van der Waals surface area contributed by atoms with Crippen molar-refractivity contribution >= 4 is 17.7 Å². The molecule has 0 radical (unpaired) electrons.